The third kappa shape index (κ3) is 3.36. The molecule has 142 valence electrons. The Hall–Kier alpha value is -2.99. The molecule has 0 bridgehead atoms. The summed E-state index contributed by atoms with van der Waals surface area (Å²) in [7, 11) is 6.99. The van der Waals surface area contributed by atoms with Crippen molar-refractivity contribution >= 4 is 11.0 Å². The van der Waals surface area contributed by atoms with Crippen LogP contribution in [-0.4, -0.2) is 28.3 Å². The Balaban J connectivity index is 2.28. The molecule has 2 aromatic carbocycles. The zero-order valence-electron chi connectivity index (χ0n) is 16.1. The molecular weight excluding hydrogens is 346 g/mol. The van der Waals surface area contributed by atoms with Crippen LogP contribution in [-0.2, 0) is 6.54 Å². The maximum absolute atomic E-state index is 12.8. The van der Waals surface area contributed by atoms with E-state index in [4.69, 9.17) is 13.9 Å². The number of benzene rings is 2. The van der Waals surface area contributed by atoms with E-state index in [9.17, 15) is 9.90 Å². The molecule has 0 atom stereocenters. The van der Waals surface area contributed by atoms with Crippen molar-refractivity contribution in [2.45, 2.75) is 13.5 Å². The number of hydrogen-bond donors (Lipinski definition) is 1. The van der Waals surface area contributed by atoms with E-state index >= 15 is 0 Å². The van der Waals surface area contributed by atoms with Gasteiger partial charge in [0.05, 0.1) is 33.9 Å². The quantitative estimate of drug-likeness (QED) is 0.690. The molecule has 0 radical (unpaired) electrons. The van der Waals surface area contributed by atoms with Crippen LogP contribution in [0.3, 0.4) is 0 Å². The van der Waals surface area contributed by atoms with Gasteiger partial charge in [0.15, 0.2) is 11.5 Å². The first-order valence-electron chi connectivity index (χ1n) is 8.65. The van der Waals surface area contributed by atoms with Crippen LogP contribution in [0.15, 0.2) is 39.5 Å². The summed E-state index contributed by atoms with van der Waals surface area (Å²) < 4.78 is 16.2. The minimum Gasteiger partial charge on any atom is -0.872 e. The molecule has 0 aliphatic rings. The Morgan fingerprint density at radius 1 is 1.07 bits per heavy atom. The van der Waals surface area contributed by atoms with Crippen molar-refractivity contribution in [3.05, 3.63) is 51.9 Å². The van der Waals surface area contributed by atoms with Crippen LogP contribution in [0.5, 0.6) is 17.2 Å². The highest BCUT2D eigenvalue weighted by Crippen LogP contribution is 2.35. The summed E-state index contributed by atoms with van der Waals surface area (Å²) in [6.45, 7) is 2.34. The molecule has 1 aromatic heterocycles. The lowest BCUT2D eigenvalue weighted by Crippen LogP contribution is -3.04. The van der Waals surface area contributed by atoms with Crippen molar-refractivity contribution in [3.63, 3.8) is 0 Å². The molecule has 3 aromatic rings. The lowest BCUT2D eigenvalue weighted by molar-refractivity contribution is -0.872. The van der Waals surface area contributed by atoms with Crippen LogP contribution in [0.4, 0.5) is 0 Å². The van der Waals surface area contributed by atoms with Gasteiger partial charge in [0.2, 0.25) is 0 Å². The first-order chi connectivity index (χ1) is 12.9. The first-order valence-corrected chi connectivity index (χ1v) is 8.65. The van der Waals surface area contributed by atoms with E-state index in [0.717, 1.165) is 15.8 Å². The molecule has 0 saturated carbocycles. The van der Waals surface area contributed by atoms with E-state index in [2.05, 4.69) is 0 Å². The topological polar surface area (TPSA) is 76.2 Å². The molecule has 0 unspecified atom stereocenters. The molecule has 6 nitrogen and oxygen atoms in total. The highest BCUT2D eigenvalue weighted by atomic mass is 16.5. The van der Waals surface area contributed by atoms with Crippen molar-refractivity contribution in [1.29, 1.82) is 0 Å². The Morgan fingerprint density at radius 2 is 1.78 bits per heavy atom. The molecule has 6 heteroatoms. The Bertz CT molecular complexity index is 1050. The predicted molar refractivity (Wildman–Crippen MR) is 102 cm³/mol. The maximum Gasteiger partial charge on any atom is 0.344 e. The van der Waals surface area contributed by atoms with Gasteiger partial charge in [0.1, 0.15) is 12.1 Å². The van der Waals surface area contributed by atoms with Crippen LogP contribution in [0.25, 0.3) is 22.1 Å². The van der Waals surface area contributed by atoms with Gasteiger partial charge in [-0.1, -0.05) is 23.9 Å². The van der Waals surface area contributed by atoms with Crippen molar-refractivity contribution in [2.24, 2.45) is 0 Å². The second kappa shape index (κ2) is 7.32. The maximum atomic E-state index is 12.8. The summed E-state index contributed by atoms with van der Waals surface area (Å²) in [5, 5.41) is 13.1. The minimum absolute atomic E-state index is 0.120. The SMILES string of the molecule is COc1ccc(-c2c(C)c3ccc([O-])c(C[NH+](C)C)c3oc2=O)cc1OC. The van der Waals surface area contributed by atoms with Gasteiger partial charge < -0.3 is 23.9 Å². The highest BCUT2D eigenvalue weighted by Gasteiger charge is 2.18. The van der Waals surface area contributed by atoms with Crippen LogP contribution in [0, 0.1) is 6.92 Å². The van der Waals surface area contributed by atoms with Gasteiger partial charge >= 0.3 is 5.63 Å². The zero-order valence-corrected chi connectivity index (χ0v) is 16.1. The second-order valence-corrected chi connectivity index (χ2v) is 6.76. The molecule has 27 heavy (non-hydrogen) atoms. The summed E-state index contributed by atoms with van der Waals surface area (Å²) in [6, 6.07) is 8.54. The number of quaternary nitrogens is 1. The number of aryl methyl sites for hydroxylation is 1. The van der Waals surface area contributed by atoms with Crippen molar-refractivity contribution < 1.29 is 23.9 Å². The Kier molecular flexibility index (Phi) is 5.10. The fraction of sp³-hybridized carbons (Fsp3) is 0.286. The van der Waals surface area contributed by atoms with Gasteiger partial charge in [-0.05, 0) is 30.2 Å². The van der Waals surface area contributed by atoms with Gasteiger partial charge in [-0.15, -0.1) is 0 Å². The first kappa shape index (κ1) is 18.8. The molecule has 0 aliphatic heterocycles. The number of ether oxygens (including phenoxy) is 2. The Morgan fingerprint density at radius 3 is 2.41 bits per heavy atom. The molecule has 0 amide bonds. The third-order valence-electron chi connectivity index (χ3n) is 4.60. The lowest BCUT2D eigenvalue weighted by atomic mass is 9.97. The highest BCUT2D eigenvalue weighted by molar-refractivity contribution is 5.90. The van der Waals surface area contributed by atoms with E-state index in [1.807, 2.05) is 21.0 Å². The molecule has 3 rings (SSSR count). The number of methoxy groups -OCH3 is 2. The summed E-state index contributed by atoms with van der Waals surface area (Å²) in [5.41, 5.74) is 2.30. The molecular formula is C21H23NO5. The van der Waals surface area contributed by atoms with E-state index in [0.29, 0.717) is 40.3 Å². The van der Waals surface area contributed by atoms with E-state index in [-0.39, 0.29) is 5.75 Å². The largest absolute Gasteiger partial charge is 0.872 e. The van der Waals surface area contributed by atoms with Crippen LogP contribution >= 0.6 is 0 Å². The fourth-order valence-corrected chi connectivity index (χ4v) is 3.30. The van der Waals surface area contributed by atoms with E-state index < -0.39 is 5.63 Å². The lowest BCUT2D eigenvalue weighted by Gasteiger charge is -2.18. The van der Waals surface area contributed by atoms with Crippen molar-refractivity contribution in [3.8, 4) is 28.4 Å². The summed E-state index contributed by atoms with van der Waals surface area (Å²) in [5.74, 6) is 0.988. The molecule has 1 N–H and O–H groups in total. The van der Waals surface area contributed by atoms with Gasteiger partial charge in [0.25, 0.3) is 0 Å². The molecule has 0 saturated heterocycles. The van der Waals surface area contributed by atoms with Gasteiger partial charge in [-0.25, -0.2) is 4.79 Å². The smallest absolute Gasteiger partial charge is 0.344 e. The third-order valence-corrected chi connectivity index (χ3v) is 4.60. The van der Waals surface area contributed by atoms with Gasteiger partial charge in [-0.3, -0.25) is 0 Å². The summed E-state index contributed by atoms with van der Waals surface area (Å²) in [6.07, 6.45) is 0. The predicted octanol–water partition coefficient (Wildman–Crippen LogP) is 1.50. The zero-order chi connectivity index (χ0) is 19.7. The van der Waals surface area contributed by atoms with Crippen molar-refractivity contribution in [2.75, 3.05) is 28.3 Å². The Labute approximate surface area is 157 Å². The van der Waals surface area contributed by atoms with Crippen LogP contribution in [0.1, 0.15) is 11.1 Å². The average molecular weight is 369 g/mol. The molecule has 1 heterocycles. The summed E-state index contributed by atoms with van der Waals surface area (Å²) in [4.78, 5) is 13.9. The van der Waals surface area contributed by atoms with Crippen LogP contribution < -0.4 is 25.1 Å². The number of nitrogens with one attached hydrogen (secondary N) is 1. The molecule has 0 spiro atoms. The number of hydrogen-bond acceptors (Lipinski definition) is 5. The monoisotopic (exact) mass is 369 g/mol. The van der Waals surface area contributed by atoms with E-state index in [1.54, 1.807) is 38.5 Å². The van der Waals surface area contributed by atoms with Crippen molar-refractivity contribution in [1.82, 2.24) is 0 Å². The van der Waals surface area contributed by atoms with Gasteiger partial charge in [-0.2, -0.15) is 0 Å². The second-order valence-electron chi connectivity index (χ2n) is 6.76. The molecule has 0 fully saturated rings. The fourth-order valence-electron chi connectivity index (χ4n) is 3.30. The average Bonchev–Trinajstić information content (AvgIpc) is 2.63. The number of fused-ring (bicyclic) bond motifs is 1. The van der Waals surface area contributed by atoms with Crippen LogP contribution in [0.2, 0.25) is 0 Å². The van der Waals surface area contributed by atoms with E-state index in [1.165, 1.54) is 6.07 Å². The normalized spacial score (nSPS) is 11.2. The molecule has 0 aliphatic carbocycles. The number of rotatable bonds is 5. The van der Waals surface area contributed by atoms with Gasteiger partial charge in [0, 0.05) is 10.9 Å². The standard InChI is InChI=1S/C21H23NO5/c1-12-14-7-8-16(23)15(11-22(2)3)20(14)27-21(24)19(12)13-6-9-17(25-4)18(10-13)26-5/h6-10,23H,11H2,1-5H3. The summed E-state index contributed by atoms with van der Waals surface area (Å²) >= 11 is 0. The minimum atomic E-state index is -0.479.